The maximum absolute atomic E-state index is 13.1. The van der Waals surface area contributed by atoms with Crippen LogP contribution in [-0.2, 0) is 16.6 Å². The summed E-state index contributed by atoms with van der Waals surface area (Å²) >= 11 is 0. The van der Waals surface area contributed by atoms with E-state index in [4.69, 9.17) is 0 Å². The number of benzene rings is 3. The lowest BCUT2D eigenvalue weighted by Gasteiger charge is -2.23. The van der Waals surface area contributed by atoms with Crippen molar-refractivity contribution >= 4 is 27.5 Å². The minimum atomic E-state index is -3.68. The summed E-state index contributed by atoms with van der Waals surface area (Å²) in [5.41, 5.74) is 2.93. The maximum atomic E-state index is 13.1. The zero-order valence-electron chi connectivity index (χ0n) is 16.7. The highest BCUT2D eigenvalue weighted by atomic mass is 32.2. The number of fused-ring (bicyclic) bond motifs is 1. The van der Waals surface area contributed by atoms with Crippen molar-refractivity contribution in [3.8, 4) is 0 Å². The molecule has 0 bridgehead atoms. The first-order valence-electron chi connectivity index (χ1n) is 10.2. The van der Waals surface area contributed by atoms with E-state index in [1.54, 1.807) is 48.5 Å². The van der Waals surface area contributed by atoms with Crippen LogP contribution in [0.4, 0.5) is 5.69 Å². The molecule has 0 unspecified atom stereocenters. The molecule has 0 atom stereocenters. The van der Waals surface area contributed by atoms with Gasteiger partial charge in [-0.25, -0.2) is 0 Å². The van der Waals surface area contributed by atoms with E-state index >= 15 is 0 Å². The summed E-state index contributed by atoms with van der Waals surface area (Å²) in [7, 11) is -3.68. The fourth-order valence-corrected chi connectivity index (χ4v) is 4.90. The molecular weight excluding hydrogens is 410 g/mol. The first-order valence-corrected chi connectivity index (χ1v) is 11.6. The molecule has 7 heteroatoms. The zero-order chi connectivity index (χ0) is 21.4. The summed E-state index contributed by atoms with van der Waals surface area (Å²) in [5, 5.41) is 3.07. The number of hydrogen-bond donors (Lipinski definition) is 1. The Hall–Kier alpha value is -3.45. The Morgan fingerprint density at radius 2 is 1.61 bits per heavy atom. The van der Waals surface area contributed by atoms with E-state index in [0.29, 0.717) is 35.2 Å². The third kappa shape index (κ3) is 3.96. The first-order chi connectivity index (χ1) is 15.0. The van der Waals surface area contributed by atoms with Crippen LogP contribution in [-0.4, -0.2) is 31.1 Å². The molecule has 1 N–H and O–H groups in total. The summed E-state index contributed by atoms with van der Waals surface area (Å²) in [6, 6.07) is 24.1. The average Bonchev–Trinajstić information content (AvgIpc) is 3.59. The number of amidine groups is 1. The predicted molar refractivity (Wildman–Crippen MR) is 120 cm³/mol. The highest BCUT2D eigenvalue weighted by molar-refractivity contribution is 7.90. The Labute approximate surface area is 181 Å². The number of carbonyl (C=O) groups is 1. The van der Waals surface area contributed by atoms with Crippen LogP contribution >= 0.6 is 0 Å². The van der Waals surface area contributed by atoms with Crippen molar-refractivity contribution in [2.24, 2.45) is 4.40 Å². The topological polar surface area (TPSA) is 78.8 Å². The van der Waals surface area contributed by atoms with Gasteiger partial charge in [0.15, 0.2) is 5.84 Å². The Morgan fingerprint density at radius 3 is 2.32 bits per heavy atom. The van der Waals surface area contributed by atoms with Crippen molar-refractivity contribution in [1.82, 2.24) is 4.90 Å². The predicted octanol–water partition coefficient (Wildman–Crippen LogP) is 4.05. The monoisotopic (exact) mass is 431 g/mol. The van der Waals surface area contributed by atoms with Gasteiger partial charge < -0.3 is 10.2 Å². The third-order valence-corrected chi connectivity index (χ3v) is 6.81. The Kier molecular flexibility index (Phi) is 4.82. The summed E-state index contributed by atoms with van der Waals surface area (Å²) in [6.07, 6.45) is 2.07. The standard InChI is InChI=1S/C24H21N3O3S/c28-24(27(20-14-15-20)16-17-6-2-1-3-7-17)18-10-12-19(13-11-18)25-23-21-8-4-5-9-22(21)31(29,30)26-23/h1-13,20H,14-16H2,(H,25,26). The van der Waals surface area contributed by atoms with Gasteiger partial charge in [-0.2, -0.15) is 8.42 Å². The molecule has 1 heterocycles. The van der Waals surface area contributed by atoms with E-state index in [0.717, 1.165) is 18.4 Å². The maximum Gasteiger partial charge on any atom is 0.285 e. The molecular formula is C24H21N3O3S. The van der Waals surface area contributed by atoms with Crippen LogP contribution in [0.5, 0.6) is 0 Å². The molecule has 1 amide bonds. The van der Waals surface area contributed by atoms with Gasteiger partial charge in [0, 0.05) is 29.4 Å². The first kappa shape index (κ1) is 19.5. The van der Waals surface area contributed by atoms with Crippen molar-refractivity contribution < 1.29 is 13.2 Å². The third-order valence-electron chi connectivity index (χ3n) is 5.47. The molecule has 1 aliphatic heterocycles. The molecule has 0 saturated heterocycles. The van der Waals surface area contributed by atoms with Crippen molar-refractivity contribution in [2.75, 3.05) is 5.32 Å². The van der Waals surface area contributed by atoms with Gasteiger partial charge in [0.05, 0.1) is 0 Å². The Bertz CT molecular complexity index is 1260. The zero-order valence-corrected chi connectivity index (χ0v) is 17.5. The Balaban J connectivity index is 1.34. The minimum absolute atomic E-state index is 0.00373. The molecule has 0 spiro atoms. The number of carbonyl (C=O) groups excluding carboxylic acids is 1. The average molecular weight is 432 g/mol. The normalized spacial score (nSPS) is 16.3. The molecule has 0 aromatic heterocycles. The smallest absolute Gasteiger partial charge is 0.285 e. The van der Waals surface area contributed by atoms with Gasteiger partial charge in [-0.15, -0.1) is 4.40 Å². The Morgan fingerprint density at radius 1 is 0.935 bits per heavy atom. The molecule has 3 aromatic carbocycles. The summed E-state index contributed by atoms with van der Waals surface area (Å²) in [5.74, 6) is 0.294. The van der Waals surface area contributed by atoms with Gasteiger partial charge in [0.25, 0.3) is 15.9 Å². The van der Waals surface area contributed by atoms with E-state index in [2.05, 4.69) is 9.71 Å². The summed E-state index contributed by atoms with van der Waals surface area (Å²) < 4.78 is 28.3. The van der Waals surface area contributed by atoms with Gasteiger partial charge in [0.1, 0.15) is 4.90 Å². The second-order valence-corrected chi connectivity index (χ2v) is 9.34. The number of nitrogens with zero attached hydrogens (tertiary/aromatic N) is 2. The fraction of sp³-hybridized carbons (Fsp3) is 0.167. The summed E-state index contributed by atoms with van der Waals surface area (Å²) in [6.45, 7) is 0.593. The fourth-order valence-electron chi connectivity index (χ4n) is 3.73. The highest BCUT2D eigenvalue weighted by Gasteiger charge is 2.33. The second kappa shape index (κ2) is 7.67. The number of anilines is 1. The van der Waals surface area contributed by atoms with Crippen LogP contribution in [0, 0.1) is 0 Å². The minimum Gasteiger partial charge on any atom is -0.339 e. The number of hydrogen-bond acceptors (Lipinski definition) is 4. The lowest BCUT2D eigenvalue weighted by Crippen LogP contribution is -2.32. The molecule has 5 rings (SSSR count). The van der Waals surface area contributed by atoms with Gasteiger partial charge in [-0.1, -0.05) is 42.5 Å². The van der Waals surface area contributed by atoms with Crippen LogP contribution in [0.1, 0.15) is 34.3 Å². The lowest BCUT2D eigenvalue weighted by molar-refractivity contribution is 0.0730. The van der Waals surface area contributed by atoms with Crippen LogP contribution in [0.25, 0.3) is 0 Å². The molecule has 1 aliphatic carbocycles. The SMILES string of the molecule is O=C(c1ccc(NC2=NS(=O)(=O)c3ccccc32)cc1)N(Cc1ccccc1)C1CC1. The van der Waals surface area contributed by atoms with Crippen LogP contribution in [0.15, 0.2) is 88.2 Å². The lowest BCUT2D eigenvalue weighted by atomic mass is 10.1. The number of sulfonamides is 1. The van der Waals surface area contributed by atoms with Crippen LogP contribution < -0.4 is 5.32 Å². The second-order valence-electron chi connectivity index (χ2n) is 7.76. The van der Waals surface area contributed by atoms with Gasteiger partial charge in [-0.05, 0) is 54.8 Å². The molecule has 3 aromatic rings. The van der Waals surface area contributed by atoms with Crippen molar-refractivity contribution in [1.29, 1.82) is 0 Å². The largest absolute Gasteiger partial charge is 0.339 e. The molecule has 2 aliphatic rings. The molecule has 31 heavy (non-hydrogen) atoms. The molecule has 1 saturated carbocycles. The van der Waals surface area contributed by atoms with Crippen molar-refractivity contribution in [3.63, 3.8) is 0 Å². The molecule has 156 valence electrons. The highest BCUT2D eigenvalue weighted by Crippen LogP contribution is 2.30. The van der Waals surface area contributed by atoms with Gasteiger partial charge in [-0.3, -0.25) is 4.79 Å². The number of rotatable bonds is 5. The molecule has 6 nitrogen and oxygen atoms in total. The van der Waals surface area contributed by atoms with Gasteiger partial charge >= 0.3 is 0 Å². The van der Waals surface area contributed by atoms with E-state index in [9.17, 15) is 13.2 Å². The number of amides is 1. The van der Waals surface area contributed by atoms with E-state index in [1.807, 2.05) is 35.2 Å². The number of nitrogens with one attached hydrogen (secondary N) is 1. The summed E-state index contributed by atoms with van der Waals surface area (Å²) in [4.78, 5) is 15.3. The van der Waals surface area contributed by atoms with E-state index in [1.165, 1.54) is 0 Å². The van der Waals surface area contributed by atoms with E-state index in [-0.39, 0.29) is 10.8 Å². The van der Waals surface area contributed by atoms with E-state index < -0.39 is 10.0 Å². The molecule has 1 fully saturated rings. The van der Waals surface area contributed by atoms with Crippen LogP contribution in [0.2, 0.25) is 0 Å². The van der Waals surface area contributed by atoms with Gasteiger partial charge in [0.2, 0.25) is 0 Å². The van der Waals surface area contributed by atoms with Crippen molar-refractivity contribution in [3.05, 3.63) is 95.6 Å². The van der Waals surface area contributed by atoms with Crippen molar-refractivity contribution in [2.45, 2.75) is 30.3 Å². The van der Waals surface area contributed by atoms with Crippen LogP contribution in [0.3, 0.4) is 0 Å². The molecule has 0 radical (unpaired) electrons. The quantitative estimate of drug-likeness (QED) is 0.661.